The van der Waals surface area contributed by atoms with Crippen molar-refractivity contribution in [1.82, 2.24) is 9.97 Å². The molecule has 1 unspecified atom stereocenters. The molecule has 1 aromatic heterocycles. The van der Waals surface area contributed by atoms with Crippen LogP contribution in [0.25, 0.3) is 0 Å². The number of hydrogen-bond acceptors (Lipinski definition) is 6. The Hall–Kier alpha value is -3.84. The fourth-order valence-electron chi connectivity index (χ4n) is 5.55. The van der Waals surface area contributed by atoms with Gasteiger partial charge >= 0.3 is 0 Å². The van der Waals surface area contributed by atoms with Crippen molar-refractivity contribution in [2.24, 2.45) is 10.9 Å². The zero-order chi connectivity index (χ0) is 25.2. The third-order valence-corrected chi connectivity index (χ3v) is 7.43. The van der Waals surface area contributed by atoms with Crippen LogP contribution in [0.15, 0.2) is 95.5 Å². The molecule has 0 saturated heterocycles. The molecule has 2 aromatic carbocycles. The Morgan fingerprint density at radius 3 is 2.49 bits per heavy atom. The molecule has 1 aliphatic heterocycles. The fraction of sp³-hybridized carbons (Fsp3) is 0.300. The van der Waals surface area contributed by atoms with Crippen molar-refractivity contribution < 1.29 is 9.13 Å². The highest BCUT2D eigenvalue weighted by molar-refractivity contribution is 6.12. The van der Waals surface area contributed by atoms with Crippen LogP contribution < -0.4 is 10.2 Å². The van der Waals surface area contributed by atoms with Gasteiger partial charge in [-0.05, 0) is 86.2 Å². The summed E-state index contributed by atoms with van der Waals surface area (Å²) in [6, 6.07) is 17.2. The molecular weight excluding hydrogens is 465 g/mol. The SMILES string of the molecule is COC1CCC(N=C2C=C3C(C=C2Nc2ncccn2)Cc2ccccc2N3c2ccc(F)cc2)CC1. The molecule has 1 N–H and O–H groups in total. The van der Waals surface area contributed by atoms with Gasteiger partial charge in [0.15, 0.2) is 0 Å². The molecule has 0 bridgehead atoms. The van der Waals surface area contributed by atoms with E-state index < -0.39 is 0 Å². The number of aromatic nitrogens is 2. The van der Waals surface area contributed by atoms with Crippen LogP contribution in [0.3, 0.4) is 0 Å². The Labute approximate surface area is 216 Å². The summed E-state index contributed by atoms with van der Waals surface area (Å²) in [4.78, 5) is 16.3. The van der Waals surface area contributed by atoms with Gasteiger partial charge in [0, 0.05) is 42.5 Å². The van der Waals surface area contributed by atoms with Crippen LogP contribution in [0.1, 0.15) is 31.2 Å². The van der Waals surface area contributed by atoms with Crippen LogP contribution in [0.5, 0.6) is 0 Å². The molecule has 3 aromatic rings. The summed E-state index contributed by atoms with van der Waals surface area (Å²) >= 11 is 0. The van der Waals surface area contributed by atoms with E-state index in [2.05, 4.69) is 56.6 Å². The molecule has 0 radical (unpaired) electrons. The molecule has 1 saturated carbocycles. The summed E-state index contributed by atoms with van der Waals surface area (Å²) < 4.78 is 19.4. The number of hydrogen-bond donors (Lipinski definition) is 1. The van der Waals surface area contributed by atoms with E-state index in [1.54, 1.807) is 25.6 Å². The first-order chi connectivity index (χ1) is 18.2. The van der Waals surface area contributed by atoms with Crippen LogP contribution in [-0.2, 0) is 11.2 Å². The van der Waals surface area contributed by atoms with Gasteiger partial charge in [0.05, 0.1) is 23.6 Å². The van der Waals surface area contributed by atoms with E-state index in [-0.39, 0.29) is 17.8 Å². The molecule has 1 fully saturated rings. The van der Waals surface area contributed by atoms with Crippen molar-refractivity contribution in [3.8, 4) is 0 Å². The van der Waals surface area contributed by atoms with Gasteiger partial charge in [0.25, 0.3) is 0 Å². The fourth-order valence-corrected chi connectivity index (χ4v) is 5.55. The summed E-state index contributed by atoms with van der Waals surface area (Å²) in [6.07, 6.45) is 13.1. The third kappa shape index (κ3) is 4.91. The molecule has 0 amide bonds. The first kappa shape index (κ1) is 23.6. The number of nitrogens with one attached hydrogen (secondary N) is 1. The first-order valence-electron chi connectivity index (χ1n) is 12.9. The van der Waals surface area contributed by atoms with Gasteiger partial charge in [0.2, 0.25) is 5.95 Å². The number of rotatable bonds is 5. The number of ether oxygens (including phenoxy) is 1. The second-order valence-corrected chi connectivity index (χ2v) is 9.78. The van der Waals surface area contributed by atoms with Crippen molar-refractivity contribution in [3.05, 3.63) is 102 Å². The van der Waals surface area contributed by atoms with E-state index in [9.17, 15) is 4.39 Å². The van der Waals surface area contributed by atoms with E-state index in [0.29, 0.717) is 12.1 Å². The predicted octanol–water partition coefficient (Wildman–Crippen LogP) is 6.22. The molecule has 1 atom stereocenters. The van der Waals surface area contributed by atoms with Gasteiger partial charge < -0.3 is 15.0 Å². The molecule has 2 aliphatic carbocycles. The van der Waals surface area contributed by atoms with Crippen molar-refractivity contribution in [2.45, 2.75) is 44.2 Å². The first-order valence-corrected chi connectivity index (χ1v) is 12.9. The number of fused-ring (bicyclic) bond motifs is 2. The van der Waals surface area contributed by atoms with Crippen LogP contribution in [0, 0.1) is 11.7 Å². The lowest BCUT2D eigenvalue weighted by atomic mass is 9.84. The number of halogens is 1. The van der Waals surface area contributed by atoms with E-state index in [1.807, 2.05) is 12.1 Å². The summed E-state index contributed by atoms with van der Waals surface area (Å²) in [5, 5.41) is 3.43. The van der Waals surface area contributed by atoms with Gasteiger partial charge in [-0.3, -0.25) is 4.99 Å². The zero-order valence-corrected chi connectivity index (χ0v) is 20.8. The van der Waals surface area contributed by atoms with Crippen LogP contribution >= 0.6 is 0 Å². The topological polar surface area (TPSA) is 62.6 Å². The predicted molar refractivity (Wildman–Crippen MR) is 144 cm³/mol. The zero-order valence-electron chi connectivity index (χ0n) is 20.8. The molecule has 6 nitrogen and oxygen atoms in total. The Bertz CT molecular complexity index is 1340. The minimum atomic E-state index is -0.244. The smallest absolute Gasteiger partial charge is 0.227 e. The van der Waals surface area contributed by atoms with Crippen LogP contribution in [0.4, 0.5) is 21.7 Å². The standard InChI is InChI=1S/C30H30FN5O/c1-37-25-13-9-23(10-14-25)34-27-19-29-21(18-26(27)35-30-32-15-4-16-33-30)17-20-5-2-3-6-28(20)36(29)24-11-7-22(31)8-12-24/h2-8,11-12,15-16,18-19,21,23,25H,9-10,13-14,17H2,1H3,(H,32,33,35). The largest absolute Gasteiger partial charge is 0.381 e. The Kier molecular flexibility index (Phi) is 6.53. The highest BCUT2D eigenvalue weighted by Gasteiger charge is 2.33. The molecular formula is C30H30FN5O. The minimum Gasteiger partial charge on any atom is -0.381 e. The van der Waals surface area contributed by atoms with Gasteiger partial charge in [-0.15, -0.1) is 0 Å². The maximum absolute atomic E-state index is 13.8. The van der Waals surface area contributed by atoms with Crippen LogP contribution in [0.2, 0.25) is 0 Å². The molecule has 0 spiro atoms. The van der Waals surface area contributed by atoms with Gasteiger partial charge in [-0.25, -0.2) is 14.4 Å². The number of allylic oxidation sites excluding steroid dienone is 2. The average molecular weight is 496 g/mol. The van der Waals surface area contributed by atoms with Crippen molar-refractivity contribution >= 4 is 23.0 Å². The minimum absolute atomic E-state index is 0.120. The monoisotopic (exact) mass is 495 g/mol. The summed E-state index contributed by atoms with van der Waals surface area (Å²) in [7, 11) is 1.79. The number of benzene rings is 2. The third-order valence-electron chi connectivity index (χ3n) is 7.43. The lowest BCUT2D eigenvalue weighted by Crippen LogP contribution is -2.34. The Balaban J connectivity index is 1.43. The molecule has 6 rings (SSSR count). The maximum atomic E-state index is 13.8. The van der Waals surface area contributed by atoms with E-state index >= 15 is 0 Å². The number of methoxy groups -OCH3 is 1. The Morgan fingerprint density at radius 2 is 1.73 bits per heavy atom. The molecule has 2 heterocycles. The summed E-state index contributed by atoms with van der Waals surface area (Å²) in [6.45, 7) is 0. The van der Waals surface area contributed by atoms with Crippen molar-refractivity contribution in [3.63, 3.8) is 0 Å². The van der Waals surface area contributed by atoms with E-state index in [4.69, 9.17) is 9.73 Å². The molecule has 7 heteroatoms. The number of aliphatic imine (C=N–C) groups is 1. The number of para-hydroxylation sites is 1. The molecule has 3 aliphatic rings. The molecule has 188 valence electrons. The average Bonchev–Trinajstić information content (AvgIpc) is 2.94. The van der Waals surface area contributed by atoms with Crippen LogP contribution in [-0.4, -0.2) is 34.9 Å². The number of anilines is 3. The van der Waals surface area contributed by atoms with Gasteiger partial charge in [-0.1, -0.05) is 18.2 Å². The van der Waals surface area contributed by atoms with Crippen molar-refractivity contribution in [1.29, 1.82) is 0 Å². The summed E-state index contributed by atoms with van der Waals surface area (Å²) in [5.74, 6) is 0.425. The normalized spacial score (nSPS) is 24.1. The maximum Gasteiger partial charge on any atom is 0.227 e. The highest BCUT2D eigenvalue weighted by Crippen LogP contribution is 2.44. The second-order valence-electron chi connectivity index (χ2n) is 9.78. The lowest BCUT2D eigenvalue weighted by Gasteiger charge is -2.40. The van der Waals surface area contributed by atoms with Crippen molar-refractivity contribution in [2.75, 3.05) is 17.3 Å². The Morgan fingerprint density at radius 1 is 0.973 bits per heavy atom. The second kappa shape index (κ2) is 10.3. The van der Waals surface area contributed by atoms with Gasteiger partial charge in [-0.2, -0.15) is 0 Å². The quantitative estimate of drug-likeness (QED) is 0.455. The van der Waals surface area contributed by atoms with E-state index in [1.165, 1.54) is 17.7 Å². The lowest BCUT2D eigenvalue weighted by molar-refractivity contribution is 0.0667. The van der Waals surface area contributed by atoms with Gasteiger partial charge in [0.1, 0.15) is 5.82 Å². The summed E-state index contributed by atoms with van der Waals surface area (Å²) in [5.41, 5.74) is 6.25. The molecule has 37 heavy (non-hydrogen) atoms. The van der Waals surface area contributed by atoms with E-state index in [0.717, 1.165) is 60.6 Å². The highest BCUT2D eigenvalue weighted by atomic mass is 19.1. The number of nitrogens with zero attached hydrogens (tertiary/aromatic N) is 4.